The van der Waals surface area contributed by atoms with Crippen LogP contribution in [0, 0.1) is 5.82 Å². The molecule has 0 spiro atoms. The Balaban J connectivity index is 1.79. The summed E-state index contributed by atoms with van der Waals surface area (Å²) < 4.78 is 20.2. The van der Waals surface area contributed by atoms with E-state index in [9.17, 15) is 0 Å². The molecule has 3 aromatic rings. The zero-order chi connectivity index (χ0) is 18.4. The van der Waals surface area contributed by atoms with Crippen LogP contribution in [0.2, 0.25) is 0 Å². The monoisotopic (exact) mass is 350 g/mol. The summed E-state index contributed by atoms with van der Waals surface area (Å²) in [7, 11) is 1.63. The van der Waals surface area contributed by atoms with Gasteiger partial charge in [0.25, 0.3) is 0 Å². The van der Waals surface area contributed by atoms with Gasteiger partial charge in [-0.1, -0.05) is 75.1 Å². The minimum absolute atomic E-state index is 0.151. The van der Waals surface area contributed by atoms with Crippen molar-refractivity contribution in [3.05, 3.63) is 66.0 Å². The highest BCUT2D eigenvalue weighted by molar-refractivity contribution is 5.88. The van der Waals surface area contributed by atoms with E-state index in [-0.39, 0.29) is 5.82 Å². The normalized spacial score (nSPS) is 11.0. The highest BCUT2D eigenvalue weighted by Crippen LogP contribution is 2.30. The molecule has 0 unspecified atom stereocenters. The summed E-state index contributed by atoms with van der Waals surface area (Å²) in [5.41, 5.74) is 2.79. The van der Waals surface area contributed by atoms with E-state index in [0.717, 1.165) is 23.1 Å². The first kappa shape index (κ1) is 18.4. The summed E-state index contributed by atoms with van der Waals surface area (Å²) in [5, 5.41) is 1.67. The third-order valence-electron chi connectivity index (χ3n) is 4.99. The lowest BCUT2D eigenvalue weighted by Gasteiger charge is -2.09. The Morgan fingerprint density at radius 3 is 2.35 bits per heavy atom. The topological polar surface area (TPSA) is 9.23 Å². The van der Waals surface area contributed by atoms with Crippen LogP contribution in [0.3, 0.4) is 0 Å². The number of methoxy groups -OCH3 is 1. The Morgan fingerprint density at radius 1 is 0.846 bits per heavy atom. The van der Waals surface area contributed by atoms with Gasteiger partial charge in [-0.3, -0.25) is 0 Å². The molecule has 0 atom stereocenters. The average molecular weight is 350 g/mol. The van der Waals surface area contributed by atoms with Crippen LogP contribution in [0.1, 0.15) is 44.6 Å². The number of halogens is 1. The van der Waals surface area contributed by atoms with Gasteiger partial charge in [-0.05, 0) is 41.5 Å². The van der Waals surface area contributed by atoms with Crippen molar-refractivity contribution in [2.75, 3.05) is 7.11 Å². The third-order valence-corrected chi connectivity index (χ3v) is 4.99. The highest BCUT2D eigenvalue weighted by atomic mass is 19.1. The molecule has 0 fully saturated rings. The van der Waals surface area contributed by atoms with E-state index in [1.165, 1.54) is 37.7 Å². The second-order valence-corrected chi connectivity index (χ2v) is 6.88. The molecule has 3 rings (SSSR count). The molecule has 2 heteroatoms. The van der Waals surface area contributed by atoms with Crippen molar-refractivity contribution in [2.45, 2.75) is 45.4 Å². The van der Waals surface area contributed by atoms with Crippen LogP contribution in [0.5, 0.6) is 5.75 Å². The Hall–Kier alpha value is -2.35. The van der Waals surface area contributed by atoms with E-state index in [1.54, 1.807) is 7.11 Å². The lowest BCUT2D eigenvalue weighted by atomic mass is 9.97. The molecule has 0 aliphatic carbocycles. The summed E-state index contributed by atoms with van der Waals surface area (Å²) >= 11 is 0. The van der Waals surface area contributed by atoms with E-state index < -0.39 is 0 Å². The van der Waals surface area contributed by atoms with Crippen LogP contribution in [-0.4, -0.2) is 7.11 Å². The molecule has 0 amide bonds. The molecule has 0 saturated carbocycles. The molecule has 0 aliphatic heterocycles. The van der Waals surface area contributed by atoms with E-state index in [1.807, 2.05) is 42.5 Å². The maximum Gasteiger partial charge on any atom is 0.138 e. The first-order chi connectivity index (χ1) is 12.7. The highest BCUT2D eigenvalue weighted by Gasteiger charge is 2.10. The van der Waals surface area contributed by atoms with Crippen molar-refractivity contribution in [3.63, 3.8) is 0 Å². The SMILES string of the molecule is CCCCCCCc1ccc2c(F)c(-c3ccc(OC)cc3)ccc2c1. The number of hydrogen-bond acceptors (Lipinski definition) is 1. The largest absolute Gasteiger partial charge is 0.497 e. The van der Waals surface area contributed by atoms with Gasteiger partial charge in [-0.15, -0.1) is 0 Å². The maximum atomic E-state index is 15.0. The first-order valence-electron chi connectivity index (χ1n) is 9.58. The van der Waals surface area contributed by atoms with Crippen molar-refractivity contribution < 1.29 is 9.13 Å². The summed E-state index contributed by atoms with van der Waals surface area (Å²) in [6.45, 7) is 2.23. The van der Waals surface area contributed by atoms with Crippen molar-refractivity contribution in [1.82, 2.24) is 0 Å². The molecule has 0 bridgehead atoms. The number of ether oxygens (including phenoxy) is 1. The molecule has 26 heavy (non-hydrogen) atoms. The van der Waals surface area contributed by atoms with Crippen LogP contribution in [-0.2, 0) is 6.42 Å². The fourth-order valence-corrected chi connectivity index (χ4v) is 3.42. The molecule has 0 aliphatic rings. The number of hydrogen-bond donors (Lipinski definition) is 0. The number of aryl methyl sites for hydroxylation is 1. The molecule has 0 heterocycles. The van der Waals surface area contributed by atoms with E-state index in [2.05, 4.69) is 19.1 Å². The molecule has 0 saturated heterocycles. The fraction of sp³-hybridized carbons (Fsp3) is 0.333. The molecule has 3 aromatic carbocycles. The van der Waals surface area contributed by atoms with Crippen LogP contribution in [0.25, 0.3) is 21.9 Å². The quantitative estimate of drug-likeness (QED) is 0.391. The van der Waals surface area contributed by atoms with Gasteiger partial charge in [0, 0.05) is 10.9 Å². The van der Waals surface area contributed by atoms with Crippen LogP contribution in [0.15, 0.2) is 54.6 Å². The minimum atomic E-state index is -0.151. The number of benzene rings is 3. The van der Waals surface area contributed by atoms with Gasteiger partial charge in [0.2, 0.25) is 0 Å². The average Bonchev–Trinajstić information content (AvgIpc) is 2.68. The first-order valence-corrected chi connectivity index (χ1v) is 9.58. The lowest BCUT2D eigenvalue weighted by molar-refractivity contribution is 0.415. The van der Waals surface area contributed by atoms with Crippen molar-refractivity contribution in [2.24, 2.45) is 0 Å². The van der Waals surface area contributed by atoms with Gasteiger partial charge >= 0.3 is 0 Å². The van der Waals surface area contributed by atoms with Gasteiger partial charge < -0.3 is 4.74 Å². The summed E-state index contributed by atoms with van der Waals surface area (Å²) in [6, 6.07) is 17.6. The van der Waals surface area contributed by atoms with Crippen LogP contribution >= 0.6 is 0 Å². The predicted molar refractivity (Wildman–Crippen MR) is 108 cm³/mol. The van der Waals surface area contributed by atoms with Crippen molar-refractivity contribution in [3.8, 4) is 16.9 Å². The Kier molecular flexibility index (Phi) is 6.27. The molecular formula is C24H27FO. The Morgan fingerprint density at radius 2 is 1.62 bits per heavy atom. The van der Waals surface area contributed by atoms with Gasteiger partial charge in [0.05, 0.1) is 7.11 Å². The molecular weight excluding hydrogens is 323 g/mol. The standard InChI is InChI=1S/C24H27FO/c1-3-4-5-6-7-8-18-9-15-23-20(17-18)12-16-22(24(23)25)19-10-13-21(26-2)14-11-19/h9-17H,3-8H2,1-2H3. The number of unbranched alkanes of at least 4 members (excludes halogenated alkanes) is 4. The summed E-state index contributed by atoms with van der Waals surface area (Å²) in [6.07, 6.45) is 7.45. The smallest absolute Gasteiger partial charge is 0.138 e. The van der Waals surface area contributed by atoms with Crippen LogP contribution in [0.4, 0.5) is 4.39 Å². The molecule has 0 radical (unpaired) electrons. The van der Waals surface area contributed by atoms with Gasteiger partial charge in [-0.2, -0.15) is 0 Å². The predicted octanol–water partition coefficient (Wildman–Crippen LogP) is 7.17. The van der Waals surface area contributed by atoms with Crippen molar-refractivity contribution >= 4 is 10.8 Å². The van der Waals surface area contributed by atoms with E-state index >= 15 is 4.39 Å². The number of fused-ring (bicyclic) bond motifs is 1. The van der Waals surface area contributed by atoms with E-state index in [4.69, 9.17) is 4.74 Å². The van der Waals surface area contributed by atoms with Gasteiger partial charge in [0.15, 0.2) is 0 Å². The molecule has 1 nitrogen and oxygen atoms in total. The molecule has 136 valence electrons. The summed E-state index contributed by atoms with van der Waals surface area (Å²) in [5.74, 6) is 0.626. The molecule has 0 N–H and O–H groups in total. The second kappa shape index (κ2) is 8.84. The minimum Gasteiger partial charge on any atom is -0.497 e. The Bertz CT molecular complexity index is 852. The lowest BCUT2D eigenvalue weighted by Crippen LogP contribution is -1.91. The Labute approximate surface area is 155 Å². The maximum absolute atomic E-state index is 15.0. The van der Waals surface area contributed by atoms with Crippen molar-refractivity contribution in [1.29, 1.82) is 0 Å². The molecule has 0 aromatic heterocycles. The second-order valence-electron chi connectivity index (χ2n) is 6.88. The van der Waals surface area contributed by atoms with Gasteiger partial charge in [0.1, 0.15) is 11.6 Å². The number of rotatable bonds is 8. The fourth-order valence-electron chi connectivity index (χ4n) is 3.42. The summed E-state index contributed by atoms with van der Waals surface area (Å²) in [4.78, 5) is 0. The van der Waals surface area contributed by atoms with E-state index in [0.29, 0.717) is 10.9 Å². The van der Waals surface area contributed by atoms with Crippen LogP contribution < -0.4 is 4.74 Å². The zero-order valence-corrected chi connectivity index (χ0v) is 15.7. The zero-order valence-electron chi connectivity index (χ0n) is 15.7. The third kappa shape index (κ3) is 4.24. The van der Waals surface area contributed by atoms with Gasteiger partial charge in [-0.25, -0.2) is 4.39 Å².